The van der Waals surface area contributed by atoms with Crippen LogP contribution < -0.4 is 10.1 Å². The number of hydrogen-bond donors (Lipinski definition) is 2. The standard InChI is InChI=1S/C9H7NO3S.C7H9N/c11-8(12)5-13-9-10-6-3-1-2-4-7(6)14-9;1-8-7-5-3-2-4-6-7/h1-4H,5H2,(H,11,12);2-6,8H,1H3. The number of anilines is 1. The number of carbonyl (C=O) groups is 1. The van der Waals surface area contributed by atoms with Crippen LogP contribution >= 0.6 is 11.3 Å². The molecule has 0 saturated carbocycles. The number of benzene rings is 2. The number of carboxylic acids is 1. The van der Waals surface area contributed by atoms with Crippen LogP contribution in [0.5, 0.6) is 5.19 Å². The summed E-state index contributed by atoms with van der Waals surface area (Å²) in [7, 11) is 1.91. The van der Waals surface area contributed by atoms with Crippen molar-refractivity contribution in [2.24, 2.45) is 0 Å². The number of nitrogens with one attached hydrogen (secondary N) is 1. The van der Waals surface area contributed by atoms with Gasteiger partial charge in [0.05, 0.1) is 10.2 Å². The third-order valence-corrected chi connectivity index (χ3v) is 3.60. The Labute approximate surface area is 132 Å². The fraction of sp³-hybridized carbons (Fsp3) is 0.125. The van der Waals surface area contributed by atoms with Gasteiger partial charge in [0.15, 0.2) is 6.61 Å². The van der Waals surface area contributed by atoms with Gasteiger partial charge in [-0.25, -0.2) is 9.78 Å². The maximum absolute atomic E-state index is 10.2. The van der Waals surface area contributed by atoms with Crippen LogP contribution in [0.2, 0.25) is 0 Å². The van der Waals surface area contributed by atoms with Crippen LogP contribution in [0.4, 0.5) is 5.69 Å². The Bertz CT molecular complexity index is 695. The SMILES string of the molecule is CNc1ccccc1.O=C(O)COc1nc2ccccc2s1. The number of hydrogen-bond acceptors (Lipinski definition) is 5. The fourth-order valence-electron chi connectivity index (χ4n) is 1.64. The average molecular weight is 316 g/mol. The van der Waals surface area contributed by atoms with Gasteiger partial charge in [-0.15, -0.1) is 0 Å². The lowest BCUT2D eigenvalue weighted by atomic mass is 10.3. The molecule has 0 aliphatic rings. The van der Waals surface area contributed by atoms with E-state index in [9.17, 15) is 4.79 Å². The second-order valence-electron chi connectivity index (χ2n) is 4.25. The van der Waals surface area contributed by atoms with Gasteiger partial charge in [0, 0.05) is 12.7 Å². The topological polar surface area (TPSA) is 71.5 Å². The molecule has 0 atom stereocenters. The molecule has 0 aliphatic heterocycles. The molecule has 5 nitrogen and oxygen atoms in total. The van der Waals surface area contributed by atoms with Crippen molar-refractivity contribution >= 4 is 33.2 Å². The number of carboxylic acid groups (broad SMARTS) is 1. The van der Waals surface area contributed by atoms with Gasteiger partial charge in [0.1, 0.15) is 0 Å². The number of aliphatic carboxylic acids is 1. The minimum Gasteiger partial charge on any atom is -0.479 e. The van der Waals surface area contributed by atoms with E-state index in [2.05, 4.69) is 10.3 Å². The highest BCUT2D eigenvalue weighted by Crippen LogP contribution is 2.26. The summed E-state index contributed by atoms with van der Waals surface area (Å²) in [5.41, 5.74) is 1.99. The van der Waals surface area contributed by atoms with E-state index in [-0.39, 0.29) is 6.61 Å². The van der Waals surface area contributed by atoms with Crippen molar-refractivity contribution in [3.63, 3.8) is 0 Å². The van der Waals surface area contributed by atoms with Crippen molar-refractivity contribution in [2.75, 3.05) is 19.0 Å². The van der Waals surface area contributed by atoms with Gasteiger partial charge in [-0.3, -0.25) is 0 Å². The monoisotopic (exact) mass is 316 g/mol. The van der Waals surface area contributed by atoms with Crippen molar-refractivity contribution in [1.29, 1.82) is 0 Å². The zero-order valence-electron chi connectivity index (χ0n) is 12.0. The van der Waals surface area contributed by atoms with Crippen molar-refractivity contribution in [1.82, 2.24) is 4.98 Å². The predicted molar refractivity (Wildman–Crippen MR) is 88.7 cm³/mol. The Morgan fingerprint density at radius 1 is 1.18 bits per heavy atom. The van der Waals surface area contributed by atoms with E-state index in [1.165, 1.54) is 11.3 Å². The van der Waals surface area contributed by atoms with E-state index >= 15 is 0 Å². The Balaban J connectivity index is 0.000000188. The summed E-state index contributed by atoms with van der Waals surface area (Å²) in [6.45, 7) is -0.347. The number of fused-ring (bicyclic) bond motifs is 1. The van der Waals surface area contributed by atoms with Gasteiger partial charge in [0.25, 0.3) is 5.19 Å². The van der Waals surface area contributed by atoms with Crippen LogP contribution in [0.3, 0.4) is 0 Å². The summed E-state index contributed by atoms with van der Waals surface area (Å²) in [5, 5.41) is 11.8. The Morgan fingerprint density at radius 3 is 2.45 bits per heavy atom. The molecular formula is C16H16N2O3S. The van der Waals surface area contributed by atoms with Crippen LogP contribution in [-0.4, -0.2) is 29.7 Å². The molecule has 0 spiro atoms. The molecular weight excluding hydrogens is 300 g/mol. The molecule has 0 bridgehead atoms. The molecule has 0 saturated heterocycles. The molecule has 0 unspecified atom stereocenters. The maximum atomic E-state index is 10.2. The quantitative estimate of drug-likeness (QED) is 0.771. The summed E-state index contributed by atoms with van der Waals surface area (Å²) in [6, 6.07) is 17.6. The van der Waals surface area contributed by atoms with Gasteiger partial charge < -0.3 is 15.2 Å². The summed E-state index contributed by atoms with van der Waals surface area (Å²) in [4.78, 5) is 14.4. The first-order valence-electron chi connectivity index (χ1n) is 6.62. The molecule has 0 aliphatic carbocycles. The Hall–Kier alpha value is -2.60. The smallest absolute Gasteiger partial charge is 0.341 e. The summed E-state index contributed by atoms with van der Waals surface area (Å²) < 4.78 is 5.95. The first-order chi connectivity index (χ1) is 10.7. The highest BCUT2D eigenvalue weighted by atomic mass is 32.1. The van der Waals surface area contributed by atoms with E-state index in [1.54, 1.807) is 0 Å². The van der Waals surface area contributed by atoms with E-state index in [1.807, 2.05) is 61.6 Å². The van der Waals surface area contributed by atoms with E-state index in [0.29, 0.717) is 5.19 Å². The third kappa shape index (κ3) is 4.75. The molecule has 22 heavy (non-hydrogen) atoms. The number of ether oxygens (including phenoxy) is 1. The highest BCUT2D eigenvalue weighted by Gasteiger charge is 2.05. The lowest BCUT2D eigenvalue weighted by Gasteiger charge is -1.94. The minimum absolute atomic E-state index is 0.347. The molecule has 3 rings (SSSR count). The number of thiazole rings is 1. The van der Waals surface area contributed by atoms with Crippen LogP contribution in [0.15, 0.2) is 54.6 Å². The first kappa shape index (κ1) is 15.8. The molecule has 0 amide bonds. The highest BCUT2D eigenvalue weighted by molar-refractivity contribution is 7.20. The second kappa shape index (κ2) is 7.99. The predicted octanol–water partition coefficient (Wildman–Crippen LogP) is 3.49. The number of nitrogens with zero attached hydrogens (tertiary/aromatic N) is 1. The van der Waals surface area contributed by atoms with Gasteiger partial charge in [-0.1, -0.05) is 41.7 Å². The van der Waals surface area contributed by atoms with E-state index in [4.69, 9.17) is 9.84 Å². The van der Waals surface area contributed by atoms with Crippen molar-refractivity contribution in [3.05, 3.63) is 54.6 Å². The normalized spacial score (nSPS) is 9.68. The molecule has 3 aromatic rings. The van der Waals surface area contributed by atoms with Gasteiger partial charge in [-0.05, 0) is 24.3 Å². The molecule has 1 heterocycles. The first-order valence-corrected chi connectivity index (χ1v) is 7.43. The Kier molecular flexibility index (Phi) is 5.73. The fourth-order valence-corrected chi connectivity index (χ4v) is 2.46. The van der Waals surface area contributed by atoms with Crippen molar-refractivity contribution in [3.8, 4) is 5.19 Å². The molecule has 2 N–H and O–H groups in total. The van der Waals surface area contributed by atoms with Crippen LogP contribution in [0.1, 0.15) is 0 Å². The average Bonchev–Trinajstić information content (AvgIpc) is 2.97. The van der Waals surface area contributed by atoms with Crippen LogP contribution in [-0.2, 0) is 4.79 Å². The van der Waals surface area contributed by atoms with Crippen molar-refractivity contribution < 1.29 is 14.6 Å². The van der Waals surface area contributed by atoms with Crippen LogP contribution in [0.25, 0.3) is 10.2 Å². The molecule has 0 fully saturated rings. The number of para-hydroxylation sites is 2. The summed E-state index contributed by atoms with van der Waals surface area (Å²) in [6.07, 6.45) is 0. The molecule has 0 radical (unpaired) electrons. The number of rotatable bonds is 4. The largest absolute Gasteiger partial charge is 0.479 e. The van der Waals surface area contributed by atoms with Crippen molar-refractivity contribution in [2.45, 2.75) is 0 Å². The van der Waals surface area contributed by atoms with Crippen LogP contribution in [0, 0.1) is 0 Å². The van der Waals surface area contributed by atoms with E-state index < -0.39 is 5.97 Å². The zero-order valence-corrected chi connectivity index (χ0v) is 12.8. The lowest BCUT2D eigenvalue weighted by Crippen LogP contribution is -2.08. The molecule has 114 valence electrons. The van der Waals surface area contributed by atoms with Gasteiger partial charge in [0.2, 0.25) is 0 Å². The lowest BCUT2D eigenvalue weighted by molar-refractivity contribution is -0.139. The Morgan fingerprint density at radius 2 is 1.86 bits per heavy atom. The van der Waals surface area contributed by atoms with Gasteiger partial charge >= 0.3 is 5.97 Å². The molecule has 1 aromatic heterocycles. The molecule has 6 heteroatoms. The number of aromatic nitrogens is 1. The van der Waals surface area contributed by atoms with Gasteiger partial charge in [-0.2, -0.15) is 0 Å². The van der Waals surface area contributed by atoms with E-state index in [0.717, 1.165) is 15.9 Å². The minimum atomic E-state index is -0.996. The zero-order chi connectivity index (χ0) is 15.8. The maximum Gasteiger partial charge on any atom is 0.341 e. The molecule has 2 aromatic carbocycles. The second-order valence-corrected chi connectivity index (χ2v) is 5.24. The summed E-state index contributed by atoms with van der Waals surface area (Å²) in [5.74, 6) is -0.996. The third-order valence-electron chi connectivity index (χ3n) is 2.66. The summed E-state index contributed by atoms with van der Waals surface area (Å²) >= 11 is 1.34.